The highest BCUT2D eigenvalue weighted by Crippen LogP contribution is 2.37. The van der Waals surface area contributed by atoms with Gasteiger partial charge in [-0.05, 0) is 65.4 Å². The fourth-order valence-corrected chi connectivity index (χ4v) is 4.23. The number of anilines is 1. The lowest BCUT2D eigenvalue weighted by atomic mass is 9.94. The highest BCUT2D eigenvalue weighted by Gasteiger charge is 2.34. The first-order valence-corrected chi connectivity index (χ1v) is 10.2. The van der Waals surface area contributed by atoms with E-state index in [1.165, 1.54) is 12.1 Å². The smallest absolute Gasteiger partial charge is 0.256 e. The molecule has 1 N–H and O–H groups in total. The molecule has 0 spiro atoms. The quantitative estimate of drug-likeness (QED) is 0.508. The van der Waals surface area contributed by atoms with E-state index in [0.29, 0.717) is 11.3 Å². The molecule has 0 aliphatic carbocycles. The SMILES string of the molecule is Cc1ccc2c(c1)C(c1ccc(F)cc1)N(C(=O)c1ccccc1I)CC(=O)N2. The van der Waals surface area contributed by atoms with Crippen molar-refractivity contribution in [1.82, 2.24) is 4.90 Å². The van der Waals surface area contributed by atoms with Crippen molar-refractivity contribution in [2.24, 2.45) is 0 Å². The molecule has 3 aromatic carbocycles. The number of carbonyl (C=O) groups excluding carboxylic acids is 2. The lowest BCUT2D eigenvalue weighted by Gasteiger charge is -2.31. The molecule has 0 saturated carbocycles. The molecule has 0 saturated heterocycles. The van der Waals surface area contributed by atoms with E-state index in [1.54, 1.807) is 29.2 Å². The molecule has 0 aromatic heterocycles. The third-order valence-electron chi connectivity index (χ3n) is 4.95. The van der Waals surface area contributed by atoms with Crippen LogP contribution >= 0.6 is 22.6 Å². The molecule has 0 fully saturated rings. The van der Waals surface area contributed by atoms with Crippen molar-refractivity contribution in [3.63, 3.8) is 0 Å². The first-order valence-electron chi connectivity index (χ1n) is 9.15. The zero-order chi connectivity index (χ0) is 20.5. The molecule has 1 aliphatic heterocycles. The average molecular weight is 500 g/mol. The monoisotopic (exact) mass is 500 g/mol. The van der Waals surface area contributed by atoms with Crippen LogP contribution in [0.3, 0.4) is 0 Å². The van der Waals surface area contributed by atoms with Gasteiger partial charge in [0.2, 0.25) is 5.91 Å². The van der Waals surface area contributed by atoms with E-state index in [1.807, 2.05) is 37.3 Å². The molecule has 2 amide bonds. The van der Waals surface area contributed by atoms with Gasteiger partial charge in [-0.3, -0.25) is 9.59 Å². The number of aryl methyl sites for hydroxylation is 1. The van der Waals surface area contributed by atoms with Gasteiger partial charge in [0.05, 0.1) is 11.6 Å². The summed E-state index contributed by atoms with van der Waals surface area (Å²) < 4.78 is 14.4. The summed E-state index contributed by atoms with van der Waals surface area (Å²) in [4.78, 5) is 27.7. The van der Waals surface area contributed by atoms with E-state index in [0.717, 1.165) is 20.3 Å². The summed E-state index contributed by atoms with van der Waals surface area (Å²) in [5, 5.41) is 2.90. The Balaban J connectivity index is 1.91. The van der Waals surface area contributed by atoms with Crippen LogP contribution in [0.15, 0.2) is 66.7 Å². The molecule has 146 valence electrons. The number of hydrogen-bond donors (Lipinski definition) is 1. The van der Waals surface area contributed by atoms with Gasteiger partial charge < -0.3 is 10.2 Å². The summed E-state index contributed by atoms with van der Waals surface area (Å²) in [6.45, 7) is 1.86. The van der Waals surface area contributed by atoms with Crippen molar-refractivity contribution < 1.29 is 14.0 Å². The fourth-order valence-electron chi connectivity index (χ4n) is 3.61. The molecule has 29 heavy (non-hydrogen) atoms. The van der Waals surface area contributed by atoms with E-state index in [4.69, 9.17) is 0 Å². The molecule has 4 rings (SSSR count). The zero-order valence-corrected chi connectivity index (χ0v) is 17.8. The highest BCUT2D eigenvalue weighted by molar-refractivity contribution is 14.1. The van der Waals surface area contributed by atoms with Crippen LogP contribution in [0.2, 0.25) is 0 Å². The maximum absolute atomic E-state index is 13.6. The van der Waals surface area contributed by atoms with Gasteiger partial charge in [-0.25, -0.2) is 4.39 Å². The van der Waals surface area contributed by atoms with Crippen molar-refractivity contribution in [3.8, 4) is 0 Å². The van der Waals surface area contributed by atoms with E-state index in [2.05, 4.69) is 27.9 Å². The largest absolute Gasteiger partial charge is 0.324 e. The van der Waals surface area contributed by atoms with Gasteiger partial charge in [0.1, 0.15) is 12.4 Å². The first kappa shape index (κ1) is 19.6. The van der Waals surface area contributed by atoms with Crippen LogP contribution in [0.5, 0.6) is 0 Å². The molecule has 3 aromatic rings. The normalized spacial score (nSPS) is 16.0. The first-order chi connectivity index (χ1) is 13.9. The minimum Gasteiger partial charge on any atom is -0.324 e. The van der Waals surface area contributed by atoms with Crippen LogP contribution in [-0.4, -0.2) is 23.3 Å². The van der Waals surface area contributed by atoms with Crippen molar-refractivity contribution in [2.75, 3.05) is 11.9 Å². The molecular weight excluding hydrogens is 482 g/mol. The van der Waals surface area contributed by atoms with Crippen LogP contribution in [0.4, 0.5) is 10.1 Å². The Morgan fingerprint density at radius 2 is 1.83 bits per heavy atom. The van der Waals surface area contributed by atoms with Crippen molar-refractivity contribution >= 4 is 40.1 Å². The van der Waals surface area contributed by atoms with Crippen LogP contribution in [0.1, 0.15) is 33.1 Å². The Hall–Kier alpha value is -2.74. The molecule has 1 heterocycles. The second-order valence-corrected chi connectivity index (χ2v) is 8.17. The summed E-state index contributed by atoms with van der Waals surface area (Å²) in [7, 11) is 0. The van der Waals surface area contributed by atoms with Crippen molar-refractivity contribution in [1.29, 1.82) is 0 Å². The third kappa shape index (κ3) is 3.89. The summed E-state index contributed by atoms with van der Waals surface area (Å²) in [5.41, 5.74) is 3.75. The summed E-state index contributed by atoms with van der Waals surface area (Å²) >= 11 is 2.12. The number of fused-ring (bicyclic) bond motifs is 1. The summed E-state index contributed by atoms with van der Waals surface area (Å²) in [5.74, 6) is -0.857. The van der Waals surface area contributed by atoms with Crippen LogP contribution < -0.4 is 5.32 Å². The maximum atomic E-state index is 13.6. The summed E-state index contributed by atoms with van der Waals surface area (Å²) in [6, 6.07) is 18.6. The Morgan fingerprint density at radius 3 is 2.55 bits per heavy atom. The molecule has 4 nitrogen and oxygen atoms in total. The number of nitrogens with zero attached hydrogens (tertiary/aromatic N) is 1. The van der Waals surface area contributed by atoms with E-state index >= 15 is 0 Å². The molecule has 0 bridgehead atoms. The van der Waals surface area contributed by atoms with Crippen molar-refractivity contribution in [3.05, 3.63) is 98.4 Å². The highest BCUT2D eigenvalue weighted by atomic mass is 127. The maximum Gasteiger partial charge on any atom is 0.256 e. The second kappa shape index (κ2) is 7.94. The van der Waals surface area contributed by atoms with Gasteiger partial charge in [0.25, 0.3) is 5.91 Å². The van der Waals surface area contributed by atoms with Gasteiger partial charge >= 0.3 is 0 Å². The lowest BCUT2D eigenvalue weighted by molar-refractivity contribution is -0.117. The third-order valence-corrected chi connectivity index (χ3v) is 5.89. The number of amides is 2. The minimum atomic E-state index is -0.520. The molecule has 1 aliphatic rings. The Morgan fingerprint density at radius 1 is 1.10 bits per heavy atom. The molecule has 1 unspecified atom stereocenters. The zero-order valence-electron chi connectivity index (χ0n) is 15.7. The predicted molar refractivity (Wildman–Crippen MR) is 118 cm³/mol. The number of rotatable bonds is 2. The van der Waals surface area contributed by atoms with E-state index in [9.17, 15) is 14.0 Å². The molecular formula is C23H18FIN2O2. The van der Waals surface area contributed by atoms with E-state index < -0.39 is 6.04 Å². The number of hydrogen-bond acceptors (Lipinski definition) is 2. The lowest BCUT2D eigenvalue weighted by Crippen LogP contribution is -2.39. The second-order valence-electron chi connectivity index (χ2n) is 7.01. The topological polar surface area (TPSA) is 49.4 Å². The molecule has 1 atom stereocenters. The van der Waals surface area contributed by atoms with Gasteiger partial charge in [-0.1, -0.05) is 42.0 Å². The summed E-state index contributed by atoms with van der Waals surface area (Å²) in [6.07, 6.45) is 0. The standard InChI is InChI=1S/C23H18FIN2O2/c1-14-6-11-20-18(12-14)22(15-7-9-16(24)10-8-15)27(13-21(28)26-20)23(29)17-4-2-3-5-19(17)25/h2-12,22H,13H2,1H3,(H,26,28). The number of benzene rings is 3. The minimum absolute atomic E-state index is 0.0976. The van der Waals surface area contributed by atoms with Crippen LogP contribution in [0, 0.1) is 16.3 Å². The number of nitrogens with one attached hydrogen (secondary N) is 1. The number of carbonyl (C=O) groups is 2. The van der Waals surface area contributed by atoms with Crippen LogP contribution in [0.25, 0.3) is 0 Å². The average Bonchev–Trinajstić information content (AvgIpc) is 2.84. The Kier molecular flexibility index (Phi) is 5.36. The van der Waals surface area contributed by atoms with Gasteiger partial charge in [0.15, 0.2) is 0 Å². The fraction of sp³-hybridized carbons (Fsp3) is 0.130. The predicted octanol–water partition coefficient (Wildman–Crippen LogP) is 4.92. The Bertz CT molecular complexity index is 1100. The van der Waals surface area contributed by atoms with Gasteiger partial charge in [0, 0.05) is 14.8 Å². The van der Waals surface area contributed by atoms with Gasteiger partial charge in [-0.15, -0.1) is 0 Å². The van der Waals surface area contributed by atoms with Crippen LogP contribution in [-0.2, 0) is 4.79 Å². The molecule has 6 heteroatoms. The number of halogens is 2. The molecule has 0 radical (unpaired) electrons. The van der Waals surface area contributed by atoms with Gasteiger partial charge in [-0.2, -0.15) is 0 Å². The van der Waals surface area contributed by atoms with Crippen molar-refractivity contribution in [2.45, 2.75) is 13.0 Å². The Labute approximate surface area is 181 Å². The van der Waals surface area contributed by atoms with E-state index in [-0.39, 0.29) is 24.2 Å².